The number of rotatable bonds is 3. The van der Waals surface area contributed by atoms with E-state index in [1.165, 1.54) is 17.0 Å². The molecular formula is C11H20N2. The van der Waals surface area contributed by atoms with Crippen LogP contribution in [0.3, 0.4) is 0 Å². The first-order valence-corrected chi connectivity index (χ1v) is 4.90. The van der Waals surface area contributed by atoms with E-state index >= 15 is 0 Å². The molecule has 0 radical (unpaired) electrons. The van der Waals surface area contributed by atoms with Gasteiger partial charge in [0.15, 0.2) is 0 Å². The maximum absolute atomic E-state index is 5.55. The maximum atomic E-state index is 5.55. The van der Waals surface area contributed by atoms with Crippen LogP contribution in [0.15, 0.2) is 6.07 Å². The van der Waals surface area contributed by atoms with Crippen LogP contribution in [0.1, 0.15) is 36.2 Å². The molecule has 2 nitrogen and oxygen atoms in total. The van der Waals surface area contributed by atoms with Crippen LogP contribution < -0.4 is 5.73 Å². The fourth-order valence-electron chi connectivity index (χ4n) is 1.79. The molecule has 0 aliphatic carbocycles. The van der Waals surface area contributed by atoms with Crippen molar-refractivity contribution in [1.82, 2.24) is 4.57 Å². The molecule has 1 aromatic rings. The van der Waals surface area contributed by atoms with Crippen LogP contribution in [0.5, 0.6) is 0 Å². The normalized spacial score (nSPS) is 13.3. The van der Waals surface area contributed by atoms with Crippen LogP contribution in [0.25, 0.3) is 0 Å². The second-order valence-electron chi connectivity index (χ2n) is 3.86. The van der Waals surface area contributed by atoms with E-state index in [-0.39, 0.29) is 0 Å². The van der Waals surface area contributed by atoms with Crippen molar-refractivity contribution in [3.05, 3.63) is 23.0 Å². The molecule has 1 unspecified atom stereocenters. The molecule has 1 atom stereocenters. The van der Waals surface area contributed by atoms with Crippen molar-refractivity contribution in [3.63, 3.8) is 0 Å². The van der Waals surface area contributed by atoms with Crippen molar-refractivity contribution in [3.8, 4) is 0 Å². The number of nitrogens with two attached hydrogens (primary N) is 1. The molecule has 0 saturated carbocycles. The average Bonchev–Trinajstić information content (AvgIpc) is 2.33. The van der Waals surface area contributed by atoms with Gasteiger partial charge in [-0.25, -0.2) is 0 Å². The van der Waals surface area contributed by atoms with E-state index in [4.69, 9.17) is 5.73 Å². The minimum absolute atomic E-state index is 0.588. The predicted octanol–water partition coefficient (Wildman–Crippen LogP) is 2.09. The number of hydrogen-bond donors (Lipinski definition) is 1. The first kappa shape index (κ1) is 10.3. The topological polar surface area (TPSA) is 30.9 Å². The first-order valence-electron chi connectivity index (χ1n) is 4.90. The maximum Gasteiger partial charge on any atom is 0.0178 e. The Balaban J connectivity index is 2.94. The standard InChI is InChI=1S/C11H20N2/c1-8(5-6-12)11-7-9(2)13(4)10(11)3/h7-8H,5-6,12H2,1-4H3. The second-order valence-corrected chi connectivity index (χ2v) is 3.86. The van der Waals surface area contributed by atoms with Crippen molar-refractivity contribution in [2.75, 3.05) is 6.54 Å². The van der Waals surface area contributed by atoms with Crippen molar-refractivity contribution in [2.45, 2.75) is 33.1 Å². The van der Waals surface area contributed by atoms with Crippen LogP contribution >= 0.6 is 0 Å². The van der Waals surface area contributed by atoms with E-state index in [1.807, 2.05) is 0 Å². The van der Waals surface area contributed by atoms with Crippen LogP contribution in [-0.4, -0.2) is 11.1 Å². The van der Waals surface area contributed by atoms with Crippen LogP contribution in [0.4, 0.5) is 0 Å². The molecule has 0 fully saturated rings. The lowest BCUT2D eigenvalue weighted by Crippen LogP contribution is -2.05. The third-order valence-electron chi connectivity index (χ3n) is 2.94. The zero-order valence-corrected chi connectivity index (χ0v) is 9.09. The van der Waals surface area contributed by atoms with Gasteiger partial charge in [-0.05, 0) is 44.4 Å². The van der Waals surface area contributed by atoms with Crippen molar-refractivity contribution >= 4 is 0 Å². The van der Waals surface area contributed by atoms with Gasteiger partial charge in [0.2, 0.25) is 0 Å². The van der Waals surface area contributed by atoms with Gasteiger partial charge in [0, 0.05) is 18.4 Å². The van der Waals surface area contributed by atoms with Crippen molar-refractivity contribution < 1.29 is 0 Å². The lowest BCUT2D eigenvalue weighted by molar-refractivity contribution is 0.681. The van der Waals surface area contributed by atoms with Crippen molar-refractivity contribution in [2.24, 2.45) is 12.8 Å². The van der Waals surface area contributed by atoms with Gasteiger partial charge in [0.05, 0.1) is 0 Å². The van der Waals surface area contributed by atoms with Gasteiger partial charge in [-0.15, -0.1) is 0 Å². The summed E-state index contributed by atoms with van der Waals surface area (Å²) in [6, 6.07) is 2.27. The minimum Gasteiger partial charge on any atom is -0.352 e. The zero-order valence-electron chi connectivity index (χ0n) is 9.09. The van der Waals surface area contributed by atoms with E-state index < -0.39 is 0 Å². The molecule has 74 valence electrons. The summed E-state index contributed by atoms with van der Waals surface area (Å²) in [7, 11) is 2.11. The Hall–Kier alpha value is -0.760. The predicted molar refractivity (Wildman–Crippen MR) is 57.0 cm³/mol. The molecule has 1 heterocycles. The highest BCUT2D eigenvalue weighted by Gasteiger charge is 2.11. The Labute approximate surface area is 80.7 Å². The van der Waals surface area contributed by atoms with Crippen LogP contribution in [-0.2, 0) is 7.05 Å². The van der Waals surface area contributed by atoms with Gasteiger partial charge in [-0.2, -0.15) is 0 Å². The Kier molecular flexibility index (Phi) is 3.15. The molecule has 0 aliphatic heterocycles. The van der Waals surface area contributed by atoms with Crippen LogP contribution in [0.2, 0.25) is 0 Å². The van der Waals surface area contributed by atoms with E-state index in [0.717, 1.165) is 13.0 Å². The molecule has 0 bridgehead atoms. The molecule has 2 N–H and O–H groups in total. The summed E-state index contributed by atoms with van der Waals surface area (Å²) in [6.45, 7) is 7.34. The van der Waals surface area contributed by atoms with E-state index in [1.54, 1.807) is 0 Å². The molecule has 0 spiro atoms. The Bertz CT molecular complexity index is 287. The highest BCUT2D eigenvalue weighted by Crippen LogP contribution is 2.24. The SMILES string of the molecule is Cc1cc(C(C)CCN)c(C)n1C. The molecule has 2 heteroatoms. The Morgan fingerprint density at radius 3 is 2.46 bits per heavy atom. The fourth-order valence-corrected chi connectivity index (χ4v) is 1.79. The molecule has 1 aromatic heterocycles. The quantitative estimate of drug-likeness (QED) is 0.758. The van der Waals surface area contributed by atoms with Gasteiger partial charge >= 0.3 is 0 Å². The number of aryl methyl sites for hydroxylation is 1. The largest absolute Gasteiger partial charge is 0.352 e. The minimum atomic E-state index is 0.588. The Morgan fingerprint density at radius 2 is 2.08 bits per heavy atom. The molecule has 0 saturated heterocycles. The second kappa shape index (κ2) is 3.97. The number of aromatic nitrogens is 1. The highest BCUT2D eigenvalue weighted by molar-refractivity contribution is 5.29. The zero-order chi connectivity index (χ0) is 10.0. The fraction of sp³-hybridized carbons (Fsp3) is 0.636. The van der Waals surface area contributed by atoms with E-state index in [0.29, 0.717) is 5.92 Å². The van der Waals surface area contributed by atoms with E-state index in [9.17, 15) is 0 Å². The lowest BCUT2D eigenvalue weighted by Gasteiger charge is -2.10. The average molecular weight is 180 g/mol. The van der Waals surface area contributed by atoms with Gasteiger partial charge < -0.3 is 10.3 Å². The van der Waals surface area contributed by atoms with Gasteiger partial charge in [-0.3, -0.25) is 0 Å². The molecule has 0 aromatic carbocycles. The smallest absolute Gasteiger partial charge is 0.0178 e. The van der Waals surface area contributed by atoms with E-state index in [2.05, 4.69) is 38.5 Å². The molecule has 0 amide bonds. The van der Waals surface area contributed by atoms with Gasteiger partial charge in [0.1, 0.15) is 0 Å². The van der Waals surface area contributed by atoms with Crippen molar-refractivity contribution in [1.29, 1.82) is 0 Å². The summed E-state index contributed by atoms with van der Waals surface area (Å²) >= 11 is 0. The molecule has 0 aliphatic rings. The molecule has 1 rings (SSSR count). The summed E-state index contributed by atoms with van der Waals surface area (Å²) in [6.07, 6.45) is 1.07. The molecular weight excluding hydrogens is 160 g/mol. The monoisotopic (exact) mass is 180 g/mol. The third kappa shape index (κ3) is 1.94. The summed E-state index contributed by atoms with van der Waals surface area (Å²) < 4.78 is 2.24. The number of hydrogen-bond acceptors (Lipinski definition) is 1. The Morgan fingerprint density at radius 1 is 1.46 bits per heavy atom. The highest BCUT2D eigenvalue weighted by atomic mass is 14.9. The van der Waals surface area contributed by atoms with Gasteiger partial charge in [0.25, 0.3) is 0 Å². The first-order chi connectivity index (χ1) is 6.07. The van der Waals surface area contributed by atoms with Gasteiger partial charge in [-0.1, -0.05) is 6.92 Å². The van der Waals surface area contributed by atoms with Crippen LogP contribution in [0, 0.1) is 13.8 Å². The lowest BCUT2D eigenvalue weighted by atomic mass is 9.98. The molecule has 13 heavy (non-hydrogen) atoms. The summed E-state index contributed by atoms with van der Waals surface area (Å²) in [5, 5.41) is 0. The summed E-state index contributed by atoms with van der Waals surface area (Å²) in [5.74, 6) is 0.588. The number of nitrogens with zero attached hydrogens (tertiary/aromatic N) is 1. The summed E-state index contributed by atoms with van der Waals surface area (Å²) in [4.78, 5) is 0. The third-order valence-corrected chi connectivity index (χ3v) is 2.94. The summed E-state index contributed by atoms with van der Waals surface area (Å²) in [5.41, 5.74) is 9.71.